The number of hydrogen-bond acceptors (Lipinski definition) is 7. The van der Waals surface area contributed by atoms with Crippen molar-refractivity contribution in [2.24, 2.45) is 5.10 Å². The smallest absolute Gasteiger partial charge is 0.329 e. The van der Waals surface area contributed by atoms with Crippen LogP contribution in [0.1, 0.15) is 11.1 Å². The number of aryl methyl sites for hydroxylation is 1. The molecule has 0 aliphatic rings. The number of nitrogens with one attached hydrogen (secondary N) is 3. The molecule has 3 rings (SSSR count). The molecule has 0 aliphatic carbocycles. The molecule has 3 aromatic rings. The number of para-hydroxylation sites is 2. The van der Waals surface area contributed by atoms with Gasteiger partial charge in [-0.15, -0.1) is 0 Å². The van der Waals surface area contributed by atoms with Crippen molar-refractivity contribution in [1.82, 2.24) is 5.43 Å². The van der Waals surface area contributed by atoms with Gasteiger partial charge < -0.3 is 24.8 Å². The molecule has 0 unspecified atom stereocenters. The quantitative estimate of drug-likeness (QED) is 0.240. The van der Waals surface area contributed by atoms with Crippen molar-refractivity contribution in [1.29, 1.82) is 0 Å². The van der Waals surface area contributed by atoms with Crippen molar-refractivity contribution in [3.8, 4) is 17.2 Å². The number of hydrogen-bond donors (Lipinski definition) is 3. The third-order valence-corrected chi connectivity index (χ3v) is 4.82. The van der Waals surface area contributed by atoms with E-state index in [9.17, 15) is 14.4 Å². The maximum absolute atomic E-state index is 12.2. The lowest BCUT2D eigenvalue weighted by Gasteiger charge is -2.10. The summed E-state index contributed by atoms with van der Waals surface area (Å²) in [7, 11) is 2.99. The lowest BCUT2D eigenvalue weighted by Crippen LogP contribution is -2.32. The third-order valence-electron chi connectivity index (χ3n) is 4.82. The Hall–Kier alpha value is -4.86. The van der Waals surface area contributed by atoms with Crippen molar-refractivity contribution in [2.75, 3.05) is 31.5 Å². The summed E-state index contributed by atoms with van der Waals surface area (Å²) >= 11 is 0. The first-order valence-corrected chi connectivity index (χ1v) is 10.8. The Morgan fingerprint density at radius 2 is 1.53 bits per heavy atom. The maximum Gasteiger partial charge on any atom is 0.329 e. The molecule has 3 aromatic carbocycles. The highest BCUT2D eigenvalue weighted by molar-refractivity contribution is 6.39. The monoisotopic (exact) mass is 490 g/mol. The van der Waals surface area contributed by atoms with Crippen molar-refractivity contribution in [2.45, 2.75) is 6.92 Å². The van der Waals surface area contributed by atoms with E-state index in [2.05, 4.69) is 21.2 Å². The second-order valence-corrected chi connectivity index (χ2v) is 7.46. The van der Waals surface area contributed by atoms with Crippen molar-refractivity contribution in [3.05, 3.63) is 77.9 Å². The van der Waals surface area contributed by atoms with E-state index in [1.165, 1.54) is 20.4 Å². The number of amides is 3. The number of ether oxygens (including phenoxy) is 3. The lowest BCUT2D eigenvalue weighted by molar-refractivity contribution is -0.136. The van der Waals surface area contributed by atoms with Crippen LogP contribution in [-0.2, 0) is 14.4 Å². The Morgan fingerprint density at radius 3 is 2.25 bits per heavy atom. The topological polar surface area (TPSA) is 127 Å². The largest absolute Gasteiger partial charge is 0.495 e. The molecule has 0 fully saturated rings. The Labute approximate surface area is 208 Å². The van der Waals surface area contributed by atoms with Gasteiger partial charge in [-0.3, -0.25) is 14.4 Å². The Morgan fingerprint density at radius 1 is 0.833 bits per heavy atom. The molecule has 0 spiro atoms. The number of hydrazone groups is 1. The van der Waals surface area contributed by atoms with E-state index in [-0.39, 0.29) is 12.5 Å². The summed E-state index contributed by atoms with van der Waals surface area (Å²) in [6, 6.07) is 18.9. The average molecular weight is 491 g/mol. The van der Waals surface area contributed by atoms with E-state index in [0.717, 1.165) is 5.56 Å². The average Bonchev–Trinajstić information content (AvgIpc) is 2.88. The molecular weight excluding hydrogens is 464 g/mol. The van der Waals surface area contributed by atoms with Crippen LogP contribution >= 0.6 is 0 Å². The molecule has 10 nitrogen and oxygen atoms in total. The molecule has 10 heteroatoms. The fourth-order valence-electron chi connectivity index (χ4n) is 3.05. The number of methoxy groups -OCH3 is 2. The normalized spacial score (nSPS) is 10.4. The zero-order valence-corrected chi connectivity index (χ0v) is 20.0. The molecule has 0 saturated carbocycles. The van der Waals surface area contributed by atoms with Crippen LogP contribution in [0.5, 0.6) is 17.2 Å². The lowest BCUT2D eigenvalue weighted by atomic mass is 10.2. The number of carbonyl (C=O) groups excluding carboxylic acids is 3. The van der Waals surface area contributed by atoms with E-state index in [4.69, 9.17) is 14.2 Å². The van der Waals surface area contributed by atoms with E-state index in [1.807, 2.05) is 13.0 Å². The zero-order chi connectivity index (χ0) is 25.9. The van der Waals surface area contributed by atoms with Gasteiger partial charge in [-0.1, -0.05) is 18.2 Å². The molecule has 0 heterocycles. The summed E-state index contributed by atoms with van der Waals surface area (Å²) in [5, 5.41) is 9.02. The molecule has 0 aliphatic heterocycles. The van der Waals surface area contributed by atoms with Gasteiger partial charge in [0.15, 0.2) is 6.61 Å². The fourth-order valence-corrected chi connectivity index (χ4v) is 3.05. The zero-order valence-electron chi connectivity index (χ0n) is 20.0. The van der Waals surface area contributed by atoms with Crippen LogP contribution in [-0.4, -0.2) is 44.8 Å². The van der Waals surface area contributed by atoms with Gasteiger partial charge in [0, 0.05) is 0 Å². The summed E-state index contributed by atoms with van der Waals surface area (Å²) in [4.78, 5) is 36.4. The first kappa shape index (κ1) is 25.8. The van der Waals surface area contributed by atoms with Gasteiger partial charge in [-0.2, -0.15) is 5.10 Å². The van der Waals surface area contributed by atoms with Crippen LogP contribution in [0.3, 0.4) is 0 Å². The number of carbonyl (C=O) groups is 3. The van der Waals surface area contributed by atoms with Crippen molar-refractivity contribution >= 4 is 35.3 Å². The van der Waals surface area contributed by atoms with Gasteiger partial charge in [0.2, 0.25) is 0 Å². The second-order valence-electron chi connectivity index (χ2n) is 7.46. The molecule has 3 N–H and O–H groups in total. The minimum absolute atomic E-state index is 0.192. The van der Waals surface area contributed by atoms with E-state index in [0.29, 0.717) is 34.2 Å². The van der Waals surface area contributed by atoms with Crippen LogP contribution in [0, 0.1) is 6.92 Å². The number of benzene rings is 3. The van der Waals surface area contributed by atoms with E-state index in [1.54, 1.807) is 60.7 Å². The molecular formula is C26H26N4O6. The van der Waals surface area contributed by atoms with E-state index < -0.39 is 11.8 Å². The standard InChI is InChI=1S/C26H26N4O6/c1-17-8-13-23(35-3)21(14-17)29-25(32)26(33)30-27-15-18-9-11-19(12-10-18)36-16-24(31)28-20-6-4-5-7-22(20)34-2/h4-15H,16H2,1-3H3,(H,28,31)(H,29,32)(H,30,33)/b27-15-. The summed E-state index contributed by atoms with van der Waals surface area (Å²) in [6.45, 7) is 1.66. The highest BCUT2D eigenvalue weighted by Gasteiger charge is 2.15. The maximum atomic E-state index is 12.2. The predicted molar refractivity (Wildman–Crippen MR) is 136 cm³/mol. The van der Waals surface area contributed by atoms with Gasteiger partial charge in [0.1, 0.15) is 17.2 Å². The van der Waals surface area contributed by atoms with Crippen LogP contribution in [0.15, 0.2) is 71.8 Å². The highest BCUT2D eigenvalue weighted by Crippen LogP contribution is 2.25. The number of anilines is 2. The highest BCUT2D eigenvalue weighted by atomic mass is 16.5. The summed E-state index contributed by atoms with van der Waals surface area (Å²) in [5.41, 5.74) is 4.64. The third kappa shape index (κ3) is 7.32. The second kappa shape index (κ2) is 12.6. The SMILES string of the molecule is COc1ccccc1NC(=O)COc1ccc(/C=N\NC(=O)C(=O)Nc2cc(C)ccc2OC)cc1. The minimum atomic E-state index is -0.934. The van der Waals surface area contributed by atoms with E-state index >= 15 is 0 Å². The molecule has 3 amide bonds. The summed E-state index contributed by atoms with van der Waals surface area (Å²) < 4.78 is 15.9. The molecule has 36 heavy (non-hydrogen) atoms. The molecule has 0 radical (unpaired) electrons. The van der Waals surface area contributed by atoms with Crippen LogP contribution in [0.25, 0.3) is 0 Å². The Kier molecular flexibility index (Phi) is 8.99. The predicted octanol–water partition coefficient (Wildman–Crippen LogP) is 3.12. The van der Waals surface area contributed by atoms with Crippen molar-refractivity contribution in [3.63, 3.8) is 0 Å². The van der Waals surface area contributed by atoms with Gasteiger partial charge in [0.25, 0.3) is 5.91 Å². The summed E-state index contributed by atoms with van der Waals surface area (Å²) in [6.07, 6.45) is 1.37. The fraction of sp³-hybridized carbons (Fsp3) is 0.154. The Balaban J connectivity index is 1.46. The van der Waals surface area contributed by atoms with Gasteiger partial charge in [-0.05, 0) is 66.6 Å². The first-order chi connectivity index (χ1) is 17.4. The van der Waals surface area contributed by atoms with Gasteiger partial charge >= 0.3 is 11.8 Å². The van der Waals surface area contributed by atoms with Crippen LogP contribution < -0.4 is 30.3 Å². The molecule has 186 valence electrons. The summed E-state index contributed by atoms with van der Waals surface area (Å²) in [5.74, 6) is -0.701. The molecule has 0 aromatic heterocycles. The number of nitrogens with zero attached hydrogens (tertiary/aromatic N) is 1. The Bertz CT molecular complexity index is 1260. The molecule has 0 saturated heterocycles. The first-order valence-electron chi connectivity index (χ1n) is 10.8. The minimum Gasteiger partial charge on any atom is -0.495 e. The number of rotatable bonds is 9. The van der Waals surface area contributed by atoms with Crippen LogP contribution in [0.2, 0.25) is 0 Å². The van der Waals surface area contributed by atoms with Gasteiger partial charge in [0.05, 0.1) is 31.8 Å². The molecule has 0 bridgehead atoms. The molecule has 0 atom stereocenters. The van der Waals surface area contributed by atoms with Crippen LogP contribution in [0.4, 0.5) is 11.4 Å². The van der Waals surface area contributed by atoms with Crippen molar-refractivity contribution < 1.29 is 28.6 Å². The van der Waals surface area contributed by atoms with Gasteiger partial charge in [-0.25, -0.2) is 5.43 Å².